The van der Waals surface area contributed by atoms with Crippen LogP contribution in [0.4, 0.5) is 8.78 Å². The van der Waals surface area contributed by atoms with Crippen LogP contribution in [-0.2, 0) is 9.59 Å². The van der Waals surface area contributed by atoms with Gasteiger partial charge in [0.1, 0.15) is 17.7 Å². The largest absolute Gasteiger partial charge is 0.480 e. The van der Waals surface area contributed by atoms with Crippen molar-refractivity contribution in [3.8, 4) is 0 Å². The summed E-state index contributed by atoms with van der Waals surface area (Å²) in [6.45, 7) is 1.63. The maximum absolute atomic E-state index is 13.3. The van der Waals surface area contributed by atoms with Gasteiger partial charge in [0.25, 0.3) is 0 Å². The summed E-state index contributed by atoms with van der Waals surface area (Å²) >= 11 is 0.881. The minimum Gasteiger partial charge on any atom is -0.480 e. The number of rotatable bonds is 6. The molecule has 0 aliphatic heterocycles. The first-order chi connectivity index (χ1) is 8.93. The lowest BCUT2D eigenvalue weighted by molar-refractivity contribution is -0.141. The fourth-order valence-corrected chi connectivity index (χ4v) is 2.04. The Bertz CT molecular complexity index is 482. The molecular weight excluding hydrogens is 276 g/mol. The smallest absolute Gasteiger partial charge is 0.326 e. The maximum Gasteiger partial charge on any atom is 0.326 e. The summed E-state index contributed by atoms with van der Waals surface area (Å²) in [5.74, 6) is -3.20. The first-order valence-electron chi connectivity index (χ1n) is 5.54. The maximum atomic E-state index is 13.3. The summed E-state index contributed by atoms with van der Waals surface area (Å²) in [6, 6.07) is 2.10. The third-order valence-electron chi connectivity index (χ3n) is 2.29. The van der Waals surface area contributed by atoms with Gasteiger partial charge >= 0.3 is 5.97 Å². The number of carboxylic acid groups (broad SMARTS) is 1. The molecule has 0 fully saturated rings. The molecule has 0 aliphatic rings. The summed E-state index contributed by atoms with van der Waals surface area (Å²) in [7, 11) is 0. The highest BCUT2D eigenvalue weighted by atomic mass is 32.2. The van der Waals surface area contributed by atoms with Gasteiger partial charge in [-0.25, -0.2) is 13.6 Å². The predicted molar refractivity (Wildman–Crippen MR) is 66.9 cm³/mol. The van der Waals surface area contributed by atoms with Crippen molar-refractivity contribution in [2.75, 3.05) is 5.75 Å². The molecule has 1 aromatic carbocycles. The Morgan fingerprint density at radius 3 is 2.63 bits per heavy atom. The van der Waals surface area contributed by atoms with Crippen molar-refractivity contribution in [2.24, 2.45) is 0 Å². The van der Waals surface area contributed by atoms with Crippen LogP contribution in [0.25, 0.3) is 0 Å². The van der Waals surface area contributed by atoms with Gasteiger partial charge in [-0.3, -0.25) is 4.79 Å². The van der Waals surface area contributed by atoms with Gasteiger partial charge in [0.2, 0.25) is 5.91 Å². The zero-order valence-corrected chi connectivity index (χ0v) is 11.0. The van der Waals surface area contributed by atoms with E-state index in [4.69, 9.17) is 5.11 Å². The number of aliphatic carboxylic acids is 1. The van der Waals surface area contributed by atoms with Gasteiger partial charge in [-0.15, -0.1) is 11.8 Å². The minimum atomic E-state index is -1.12. The van der Waals surface area contributed by atoms with E-state index in [2.05, 4.69) is 5.32 Å². The second-order valence-electron chi connectivity index (χ2n) is 3.73. The standard InChI is InChI=1S/C12H13F2NO3S/c1-2-9(12(17)18)15-11(16)6-19-10-4-3-7(13)5-8(10)14/h3-5,9H,2,6H2,1H3,(H,15,16)(H,17,18)/t9-/m0/s1. The molecule has 4 nitrogen and oxygen atoms in total. The van der Waals surface area contributed by atoms with Crippen molar-refractivity contribution >= 4 is 23.6 Å². The number of halogens is 2. The highest BCUT2D eigenvalue weighted by molar-refractivity contribution is 8.00. The third kappa shape index (κ3) is 4.86. The normalized spacial score (nSPS) is 11.9. The van der Waals surface area contributed by atoms with Crippen LogP contribution in [0.2, 0.25) is 0 Å². The van der Waals surface area contributed by atoms with Crippen LogP contribution in [0, 0.1) is 11.6 Å². The molecule has 0 aromatic heterocycles. The Labute approximate surface area is 113 Å². The summed E-state index contributed by atoms with van der Waals surface area (Å²) in [4.78, 5) is 22.3. The lowest BCUT2D eigenvalue weighted by Gasteiger charge is -2.12. The molecule has 1 atom stereocenters. The highest BCUT2D eigenvalue weighted by Crippen LogP contribution is 2.22. The molecule has 1 amide bonds. The molecule has 2 N–H and O–H groups in total. The van der Waals surface area contributed by atoms with E-state index in [1.165, 1.54) is 6.07 Å². The predicted octanol–water partition coefficient (Wildman–Crippen LogP) is 2.04. The number of nitrogens with one attached hydrogen (secondary N) is 1. The molecule has 0 unspecified atom stereocenters. The first-order valence-corrected chi connectivity index (χ1v) is 6.52. The average molecular weight is 289 g/mol. The first kappa shape index (κ1) is 15.4. The van der Waals surface area contributed by atoms with Gasteiger partial charge < -0.3 is 10.4 Å². The summed E-state index contributed by atoms with van der Waals surface area (Å²) in [5, 5.41) is 11.1. The van der Waals surface area contributed by atoms with E-state index in [9.17, 15) is 18.4 Å². The molecule has 19 heavy (non-hydrogen) atoms. The van der Waals surface area contributed by atoms with E-state index in [1.807, 2.05) is 0 Å². The van der Waals surface area contributed by atoms with Crippen LogP contribution in [0.15, 0.2) is 23.1 Å². The van der Waals surface area contributed by atoms with Gasteiger partial charge in [0.05, 0.1) is 5.75 Å². The topological polar surface area (TPSA) is 66.4 Å². The van der Waals surface area contributed by atoms with Gasteiger partial charge in [-0.05, 0) is 18.6 Å². The van der Waals surface area contributed by atoms with Gasteiger partial charge in [0.15, 0.2) is 0 Å². The van der Waals surface area contributed by atoms with Crippen molar-refractivity contribution in [1.29, 1.82) is 0 Å². The van der Waals surface area contributed by atoms with Crippen LogP contribution in [0.5, 0.6) is 0 Å². The molecule has 104 valence electrons. The molecule has 0 saturated heterocycles. The molecule has 0 bridgehead atoms. The fraction of sp³-hybridized carbons (Fsp3) is 0.333. The minimum absolute atomic E-state index is 0.133. The summed E-state index contributed by atoms with van der Waals surface area (Å²) in [6.07, 6.45) is 0.261. The van der Waals surface area contributed by atoms with Crippen LogP contribution < -0.4 is 5.32 Å². The number of thioether (sulfide) groups is 1. The molecular formula is C12H13F2NO3S. The summed E-state index contributed by atoms with van der Waals surface area (Å²) in [5.41, 5.74) is 0. The van der Waals surface area contributed by atoms with Crippen LogP contribution in [0.1, 0.15) is 13.3 Å². The van der Waals surface area contributed by atoms with E-state index in [0.717, 1.165) is 23.9 Å². The molecule has 0 heterocycles. The zero-order valence-electron chi connectivity index (χ0n) is 10.2. The van der Waals surface area contributed by atoms with Gasteiger partial charge in [-0.2, -0.15) is 0 Å². The van der Waals surface area contributed by atoms with E-state index >= 15 is 0 Å². The van der Waals surface area contributed by atoms with E-state index < -0.39 is 29.6 Å². The monoisotopic (exact) mass is 289 g/mol. The number of carbonyl (C=O) groups is 2. The average Bonchev–Trinajstić information content (AvgIpc) is 2.34. The van der Waals surface area contributed by atoms with E-state index in [-0.39, 0.29) is 17.1 Å². The SMILES string of the molecule is CC[C@H](NC(=O)CSc1ccc(F)cc1F)C(=O)O. The number of benzene rings is 1. The van der Waals surface area contributed by atoms with Crippen molar-refractivity contribution in [1.82, 2.24) is 5.32 Å². The van der Waals surface area contributed by atoms with Crippen molar-refractivity contribution < 1.29 is 23.5 Å². The number of hydrogen-bond donors (Lipinski definition) is 2. The van der Waals surface area contributed by atoms with Gasteiger partial charge in [0, 0.05) is 11.0 Å². The lowest BCUT2D eigenvalue weighted by atomic mass is 10.2. The van der Waals surface area contributed by atoms with Crippen LogP contribution in [0.3, 0.4) is 0 Å². The quantitative estimate of drug-likeness (QED) is 0.786. The number of carbonyl (C=O) groups excluding carboxylic acids is 1. The third-order valence-corrected chi connectivity index (χ3v) is 3.34. The summed E-state index contributed by atoms with van der Waals surface area (Å²) < 4.78 is 25.9. The van der Waals surface area contributed by atoms with Crippen molar-refractivity contribution in [2.45, 2.75) is 24.3 Å². The molecule has 0 aliphatic carbocycles. The van der Waals surface area contributed by atoms with Crippen LogP contribution >= 0.6 is 11.8 Å². The fourth-order valence-electron chi connectivity index (χ4n) is 1.31. The Hall–Kier alpha value is -1.63. The second-order valence-corrected chi connectivity index (χ2v) is 4.75. The number of amides is 1. The van der Waals surface area contributed by atoms with E-state index in [0.29, 0.717) is 0 Å². The second kappa shape index (κ2) is 7.08. The number of hydrogen-bond acceptors (Lipinski definition) is 3. The molecule has 0 radical (unpaired) electrons. The Balaban J connectivity index is 2.52. The van der Waals surface area contributed by atoms with Crippen molar-refractivity contribution in [3.05, 3.63) is 29.8 Å². The van der Waals surface area contributed by atoms with Crippen LogP contribution in [-0.4, -0.2) is 28.8 Å². The lowest BCUT2D eigenvalue weighted by Crippen LogP contribution is -2.41. The van der Waals surface area contributed by atoms with Crippen molar-refractivity contribution in [3.63, 3.8) is 0 Å². The number of carboxylic acids is 1. The Morgan fingerprint density at radius 1 is 1.42 bits per heavy atom. The molecule has 7 heteroatoms. The Kier molecular flexibility index (Phi) is 5.75. The molecule has 0 saturated carbocycles. The molecule has 0 spiro atoms. The zero-order chi connectivity index (χ0) is 14.4. The molecule has 1 rings (SSSR count). The molecule has 1 aromatic rings. The highest BCUT2D eigenvalue weighted by Gasteiger charge is 2.17. The van der Waals surface area contributed by atoms with E-state index in [1.54, 1.807) is 6.92 Å². The Morgan fingerprint density at radius 2 is 2.11 bits per heavy atom. The van der Waals surface area contributed by atoms with Gasteiger partial charge in [-0.1, -0.05) is 6.92 Å².